The Morgan fingerprint density at radius 1 is 1.33 bits per heavy atom. The number of nitrogens with zero attached hydrogens (tertiary/aromatic N) is 1. The van der Waals surface area contributed by atoms with Crippen LogP contribution in [0.4, 0.5) is 0 Å². The van der Waals surface area contributed by atoms with Crippen LogP contribution in [0, 0.1) is 23.7 Å². The number of hydrogen-bond donors (Lipinski definition) is 1. The van der Waals surface area contributed by atoms with E-state index in [-0.39, 0.29) is 0 Å². The summed E-state index contributed by atoms with van der Waals surface area (Å²) in [6, 6.07) is 0.845. The molecule has 3 heteroatoms. The van der Waals surface area contributed by atoms with Gasteiger partial charge in [0.25, 0.3) is 0 Å². The highest BCUT2D eigenvalue weighted by molar-refractivity contribution is 7.07. The minimum absolute atomic E-state index is 0.845. The Balaban J connectivity index is 1.39. The molecule has 4 rings (SSSR count). The summed E-state index contributed by atoms with van der Waals surface area (Å²) in [4.78, 5) is 4.32. The van der Waals surface area contributed by atoms with Crippen LogP contribution in [0.25, 0.3) is 0 Å². The first-order chi connectivity index (χ1) is 7.43. The molecule has 2 nitrogen and oxygen atoms in total. The lowest BCUT2D eigenvalue weighted by Gasteiger charge is -2.09. The Morgan fingerprint density at radius 2 is 2.13 bits per heavy atom. The summed E-state index contributed by atoms with van der Waals surface area (Å²) in [6.45, 7) is 0.987. The van der Waals surface area contributed by atoms with Crippen molar-refractivity contribution in [2.75, 3.05) is 0 Å². The minimum atomic E-state index is 0.845. The van der Waals surface area contributed by atoms with Crippen LogP contribution in [-0.2, 0) is 6.54 Å². The molecule has 1 aromatic heterocycles. The molecule has 0 amide bonds. The van der Waals surface area contributed by atoms with Gasteiger partial charge in [-0.2, -0.15) is 0 Å². The normalized spacial score (nSPS) is 45.7. The van der Waals surface area contributed by atoms with Gasteiger partial charge in [-0.25, -0.2) is 4.98 Å². The van der Waals surface area contributed by atoms with Crippen LogP contribution in [-0.4, -0.2) is 11.0 Å². The average Bonchev–Trinajstić information content (AvgIpc) is 2.72. The van der Waals surface area contributed by atoms with Gasteiger partial charge in [-0.05, 0) is 42.9 Å². The van der Waals surface area contributed by atoms with Crippen LogP contribution >= 0.6 is 11.3 Å². The van der Waals surface area contributed by atoms with Gasteiger partial charge < -0.3 is 5.32 Å². The van der Waals surface area contributed by atoms with E-state index >= 15 is 0 Å². The van der Waals surface area contributed by atoms with Crippen molar-refractivity contribution >= 4 is 11.3 Å². The molecule has 3 aliphatic carbocycles. The van der Waals surface area contributed by atoms with E-state index in [9.17, 15) is 0 Å². The van der Waals surface area contributed by atoms with Crippen molar-refractivity contribution in [1.29, 1.82) is 0 Å². The van der Waals surface area contributed by atoms with Crippen LogP contribution in [0.3, 0.4) is 0 Å². The number of rotatable bonds is 3. The number of hydrogen-bond acceptors (Lipinski definition) is 3. The van der Waals surface area contributed by atoms with E-state index < -0.39 is 0 Å². The Labute approximate surface area is 94.1 Å². The highest BCUT2D eigenvalue weighted by atomic mass is 32.1. The first kappa shape index (κ1) is 8.71. The van der Waals surface area contributed by atoms with Crippen LogP contribution in [0.15, 0.2) is 10.9 Å². The molecule has 1 heterocycles. The summed E-state index contributed by atoms with van der Waals surface area (Å²) in [6.07, 6.45) is 4.58. The number of nitrogens with one attached hydrogen (secondary N) is 1. The summed E-state index contributed by atoms with van der Waals surface area (Å²) in [7, 11) is 0. The van der Waals surface area contributed by atoms with Crippen molar-refractivity contribution in [3.63, 3.8) is 0 Å². The molecule has 2 bridgehead atoms. The molecule has 3 fully saturated rings. The molecule has 0 aliphatic heterocycles. The fourth-order valence-electron chi connectivity index (χ4n) is 4.15. The van der Waals surface area contributed by atoms with E-state index in [4.69, 9.17) is 0 Å². The summed E-state index contributed by atoms with van der Waals surface area (Å²) < 4.78 is 0. The second-order valence-electron chi connectivity index (χ2n) is 5.37. The van der Waals surface area contributed by atoms with Crippen molar-refractivity contribution < 1.29 is 0 Å². The lowest BCUT2D eigenvalue weighted by atomic mass is 10.0. The maximum absolute atomic E-state index is 4.32. The Kier molecular flexibility index (Phi) is 1.77. The first-order valence-electron chi connectivity index (χ1n) is 6.04. The zero-order valence-electron chi connectivity index (χ0n) is 8.73. The van der Waals surface area contributed by atoms with E-state index in [0.29, 0.717) is 0 Å². The number of aromatic nitrogens is 1. The van der Waals surface area contributed by atoms with Crippen LogP contribution in [0.1, 0.15) is 25.0 Å². The van der Waals surface area contributed by atoms with E-state index in [0.717, 1.165) is 36.3 Å². The van der Waals surface area contributed by atoms with Crippen LogP contribution in [0.5, 0.6) is 0 Å². The van der Waals surface area contributed by atoms with Gasteiger partial charge in [0.2, 0.25) is 0 Å². The lowest BCUT2D eigenvalue weighted by Crippen LogP contribution is -2.22. The Hall–Kier alpha value is -0.410. The topological polar surface area (TPSA) is 24.9 Å². The summed E-state index contributed by atoms with van der Waals surface area (Å²) in [5.41, 5.74) is 3.14. The van der Waals surface area contributed by atoms with Crippen LogP contribution in [0.2, 0.25) is 0 Å². The van der Waals surface area contributed by atoms with Gasteiger partial charge in [-0.1, -0.05) is 0 Å². The quantitative estimate of drug-likeness (QED) is 0.845. The molecule has 3 saturated carbocycles. The van der Waals surface area contributed by atoms with Crippen molar-refractivity contribution in [2.45, 2.75) is 31.8 Å². The van der Waals surface area contributed by atoms with Gasteiger partial charge in [0, 0.05) is 18.0 Å². The molecule has 4 atom stereocenters. The van der Waals surface area contributed by atoms with Crippen molar-refractivity contribution in [3.05, 3.63) is 16.6 Å². The molecule has 0 spiro atoms. The lowest BCUT2D eigenvalue weighted by molar-refractivity contribution is 0.456. The highest BCUT2D eigenvalue weighted by Crippen LogP contribution is 2.65. The Bertz CT molecular complexity index is 346. The largest absolute Gasteiger partial charge is 0.308 e. The smallest absolute Gasteiger partial charge is 0.0795 e. The Morgan fingerprint density at radius 3 is 2.80 bits per heavy atom. The molecular weight excluding hydrogens is 204 g/mol. The average molecular weight is 220 g/mol. The SMILES string of the molecule is c1nc(CNC2C3C4CCC(C4)C23)cs1. The monoisotopic (exact) mass is 220 g/mol. The predicted molar refractivity (Wildman–Crippen MR) is 60.6 cm³/mol. The third-order valence-electron chi connectivity index (χ3n) is 4.74. The third kappa shape index (κ3) is 1.23. The van der Waals surface area contributed by atoms with Crippen molar-refractivity contribution in [3.8, 4) is 0 Å². The zero-order valence-corrected chi connectivity index (χ0v) is 9.54. The fraction of sp³-hybridized carbons (Fsp3) is 0.750. The van der Waals surface area contributed by atoms with Gasteiger partial charge in [0.15, 0.2) is 0 Å². The van der Waals surface area contributed by atoms with Gasteiger partial charge in [0.1, 0.15) is 0 Å². The van der Waals surface area contributed by atoms with E-state index in [1.165, 1.54) is 18.5 Å². The molecule has 80 valence electrons. The molecular formula is C12H16N2S. The molecule has 3 aliphatic rings. The highest BCUT2D eigenvalue weighted by Gasteiger charge is 2.64. The first-order valence-corrected chi connectivity index (χ1v) is 6.98. The fourth-order valence-corrected chi connectivity index (χ4v) is 4.70. The van der Waals surface area contributed by atoms with Crippen LogP contribution < -0.4 is 5.32 Å². The molecule has 0 saturated heterocycles. The zero-order chi connectivity index (χ0) is 9.83. The number of thiazole rings is 1. The molecule has 15 heavy (non-hydrogen) atoms. The summed E-state index contributed by atoms with van der Waals surface area (Å²) >= 11 is 1.70. The van der Waals surface area contributed by atoms with Gasteiger partial charge in [-0.15, -0.1) is 11.3 Å². The molecule has 1 aromatic rings. The molecule has 1 N–H and O–H groups in total. The number of fused-ring (bicyclic) bond motifs is 5. The van der Waals surface area contributed by atoms with Gasteiger partial charge >= 0.3 is 0 Å². The standard InChI is InChI=1S/C12H16N2S/c1-2-8-3-7(1)10-11(8)12(10)13-4-9-5-15-6-14-9/h5-8,10-13H,1-4H2. The predicted octanol–water partition coefficient (Wildman–Crippen LogP) is 2.28. The third-order valence-corrected chi connectivity index (χ3v) is 5.37. The van der Waals surface area contributed by atoms with E-state index in [1.54, 1.807) is 17.8 Å². The minimum Gasteiger partial charge on any atom is -0.308 e. The van der Waals surface area contributed by atoms with E-state index in [2.05, 4.69) is 15.7 Å². The van der Waals surface area contributed by atoms with Gasteiger partial charge in [0.05, 0.1) is 11.2 Å². The maximum atomic E-state index is 4.32. The summed E-state index contributed by atoms with van der Waals surface area (Å²) in [5, 5.41) is 5.86. The maximum Gasteiger partial charge on any atom is 0.0795 e. The molecule has 0 aromatic carbocycles. The van der Waals surface area contributed by atoms with Crippen molar-refractivity contribution in [2.24, 2.45) is 23.7 Å². The second-order valence-corrected chi connectivity index (χ2v) is 6.09. The second kappa shape index (κ2) is 3.05. The van der Waals surface area contributed by atoms with Gasteiger partial charge in [-0.3, -0.25) is 0 Å². The van der Waals surface area contributed by atoms with Crippen molar-refractivity contribution in [1.82, 2.24) is 10.3 Å². The molecule has 0 radical (unpaired) electrons. The summed E-state index contributed by atoms with van der Waals surface area (Å²) in [5.74, 6) is 4.24. The van der Waals surface area contributed by atoms with E-state index in [1.807, 2.05) is 5.51 Å². The molecule has 4 unspecified atom stereocenters.